The highest BCUT2D eigenvalue weighted by Crippen LogP contribution is 2.19. The van der Waals surface area contributed by atoms with Gasteiger partial charge in [-0.2, -0.15) is 5.26 Å². The maximum atomic E-state index is 8.48. The number of rotatable bonds is 3. The van der Waals surface area contributed by atoms with Crippen molar-refractivity contribution in [2.75, 3.05) is 13.6 Å². The molecule has 0 aliphatic heterocycles. The molecule has 0 fully saturated rings. The first kappa shape index (κ1) is 11.3. The molecule has 0 atom stereocenters. The predicted octanol–water partition coefficient (Wildman–Crippen LogP) is 2.95. The largest absolute Gasteiger partial charge is 0.289 e. The van der Waals surface area contributed by atoms with Crippen molar-refractivity contribution in [3.05, 3.63) is 33.8 Å². The zero-order valence-electron chi connectivity index (χ0n) is 7.80. The highest BCUT2D eigenvalue weighted by atomic mass is 35.5. The lowest BCUT2D eigenvalue weighted by molar-refractivity contribution is 0.367. The molecule has 0 N–H and O–H groups in total. The third-order valence-electron chi connectivity index (χ3n) is 1.72. The Hall–Kier alpha value is -0.750. The lowest BCUT2D eigenvalue weighted by Crippen LogP contribution is -2.17. The molecule has 4 heteroatoms. The van der Waals surface area contributed by atoms with E-state index in [2.05, 4.69) is 6.07 Å². The Morgan fingerprint density at radius 3 is 2.36 bits per heavy atom. The van der Waals surface area contributed by atoms with Gasteiger partial charge in [0.05, 0.1) is 12.6 Å². The van der Waals surface area contributed by atoms with Crippen molar-refractivity contribution < 1.29 is 0 Å². The fourth-order valence-electron chi connectivity index (χ4n) is 1.19. The molecule has 0 spiro atoms. The van der Waals surface area contributed by atoms with Crippen LogP contribution < -0.4 is 0 Å². The third-order valence-corrected chi connectivity index (χ3v) is 2.15. The van der Waals surface area contributed by atoms with Gasteiger partial charge in [-0.1, -0.05) is 23.2 Å². The van der Waals surface area contributed by atoms with Crippen LogP contribution in [0.1, 0.15) is 5.56 Å². The van der Waals surface area contributed by atoms with E-state index in [4.69, 9.17) is 28.5 Å². The molecule has 1 rings (SSSR count). The molecule has 0 saturated carbocycles. The molecule has 74 valence electrons. The van der Waals surface area contributed by atoms with Gasteiger partial charge < -0.3 is 0 Å². The topological polar surface area (TPSA) is 27.0 Å². The SMILES string of the molecule is CN(CC#N)Cc1cc(Cl)cc(Cl)c1. The fourth-order valence-corrected chi connectivity index (χ4v) is 1.76. The maximum Gasteiger partial charge on any atom is 0.0866 e. The Labute approximate surface area is 93.7 Å². The van der Waals surface area contributed by atoms with E-state index in [1.807, 2.05) is 24.1 Å². The van der Waals surface area contributed by atoms with Crippen LogP contribution >= 0.6 is 23.2 Å². The first-order valence-electron chi connectivity index (χ1n) is 4.12. The fraction of sp³-hybridized carbons (Fsp3) is 0.300. The normalized spacial score (nSPS) is 10.2. The van der Waals surface area contributed by atoms with Crippen LogP contribution in [-0.4, -0.2) is 18.5 Å². The Balaban J connectivity index is 2.72. The molecular weight excluding hydrogens is 219 g/mol. The van der Waals surface area contributed by atoms with Gasteiger partial charge in [-0.25, -0.2) is 0 Å². The van der Waals surface area contributed by atoms with Crippen molar-refractivity contribution in [2.45, 2.75) is 6.54 Å². The van der Waals surface area contributed by atoms with Gasteiger partial charge >= 0.3 is 0 Å². The van der Waals surface area contributed by atoms with Crippen LogP contribution in [0.4, 0.5) is 0 Å². The Kier molecular flexibility index (Phi) is 4.21. The van der Waals surface area contributed by atoms with E-state index < -0.39 is 0 Å². The Morgan fingerprint density at radius 1 is 1.29 bits per heavy atom. The average molecular weight is 229 g/mol. The molecular formula is C10H10Cl2N2. The third kappa shape index (κ3) is 3.55. The molecule has 0 unspecified atom stereocenters. The molecule has 0 radical (unpaired) electrons. The maximum absolute atomic E-state index is 8.48. The number of halogens is 2. The second-order valence-electron chi connectivity index (χ2n) is 3.11. The standard InChI is InChI=1S/C10H10Cl2N2/c1-14(3-2-13)7-8-4-9(11)6-10(12)5-8/h4-6H,3,7H2,1H3. The van der Waals surface area contributed by atoms with Crippen molar-refractivity contribution in [1.29, 1.82) is 5.26 Å². The van der Waals surface area contributed by atoms with Gasteiger partial charge in [0.25, 0.3) is 0 Å². The Morgan fingerprint density at radius 2 is 1.86 bits per heavy atom. The first-order valence-corrected chi connectivity index (χ1v) is 4.88. The van der Waals surface area contributed by atoms with Crippen LogP contribution in [0.2, 0.25) is 10.0 Å². The zero-order chi connectivity index (χ0) is 10.6. The van der Waals surface area contributed by atoms with Crippen LogP contribution in [0.3, 0.4) is 0 Å². The molecule has 1 aromatic rings. The van der Waals surface area contributed by atoms with Gasteiger partial charge in [0, 0.05) is 16.6 Å². The van der Waals surface area contributed by atoms with Crippen molar-refractivity contribution >= 4 is 23.2 Å². The zero-order valence-corrected chi connectivity index (χ0v) is 9.31. The van der Waals surface area contributed by atoms with Crippen molar-refractivity contribution in [3.8, 4) is 6.07 Å². The van der Waals surface area contributed by atoms with Crippen molar-refractivity contribution in [2.24, 2.45) is 0 Å². The minimum Gasteiger partial charge on any atom is -0.289 e. The van der Waals surface area contributed by atoms with Gasteiger partial charge in [0.1, 0.15) is 0 Å². The van der Waals surface area contributed by atoms with Gasteiger partial charge in [-0.05, 0) is 30.8 Å². The number of nitriles is 1. The molecule has 0 aliphatic rings. The van der Waals surface area contributed by atoms with Gasteiger partial charge in [0.2, 0.25) is 0 Å². The van der Waals surface area contributed by atoms with E-state index in [1.54, 1.807) is 6.07 Å². The highest BCUT2D eigenvalue weighted by Gasteiger charge is 2.01. The molecule has 0 aromatic heterocycles. The van der Waals surface area contributed by atoms with Crippen LogP contribution in [0.25, 0.3) is 0 Å². The summed E-state index contributed by atoms with van der Waals surface area (Å²) >= 11 is 11.7. The summed E-state index contributed by atoms with van der Waals surface area (Å²) in [6, 6.07) is 7.47. The lowest BCUT2D eigenvalue weighted by Gasteiger charge is -2.12. The molecule has 0 saturated heterocycles. The average Bonchev–Trinajstić information content (AvgIpc) is 2.01. The smallest absolute Gasteiger partial charge is 0.0866 e. The van der Waals surface area contributed by atoms with Crippen LogP contribution in [-0.2, 0) is 6.54 Å². The minimum atomic E-state index is 0.393. The van der Waals surface area contributed by atoms with Gasteiger partial charge in [-0.3, -0.25) is 4.90 Å². The van der Waals surface area contributed by atoms with E-state index in [0.29, 0.717) is 23.1 Å². The molecule has 1 aromatic carbocycles. The summed E-state index contributed by atoms with van der Waals surface area (Å²) in [6.45, 7) is 1.07. The van der Waals surface area contributed by atoms with E-state index in [0.717, 1.165) is 5.56 Å². The molecule has 0 heterocycles. The van der Waals surface area contributed by atoms with Gasteiger partial charge in [0.15, 0.2) is 0 Å². The summed E-state index contributed by atoms with van der Waals surface area (Å²) < 4.78 is 0. The number of hydrogen-bond donors (Lipinski definition) is 0. The van der Waals surface area contributed by atoms with Crippen LogP contribution in [0.15, 0.2) is 18.2 Å². The van der Waals surface area contributed by atoms with E-state index in [1.165, 1.54) is 0 Å². The quantitative estimate of drug-likeness (QED) is 0.745. The second-order valence-corrected chi connectivity index (χ2v) is 3.98. The van der Waals surface area contributed by atoms with E-state index in [-0.39, 0.29) is 0 Å². The summed E-state index contributed by atoms with van der Waals surface area (Å²) in [7, 11) is 1.87. The summed E-state index contributed by atoms with van der Waals surface area (Å²) in [5, 5.41) is 9.73. The second kappa shape index (κ2) is 5.21. The number of nitrogens with zero attached hydrogens (tertiary/aromatic N) is 2. The number of benzene rings is 1. The lowest BCUT2D eigenvalue weighted by atomic mass is 10.2. The predicted molar refractivity (Wildman–Crippen MR) is 58.4 cm³/mol. The minimum absolute atomic E-state index is 0.393. The van der Waals surface area contributed by atoms with Gasteiger partial charge in [-0.15, -0.1) is 0 Å². The summed E-state index contributed by atoms with van der Waals surface area (Å²) in [5.41, 5.74) is 1.01. The van der Waals surface area contributed by atoms with Crippen molar-refractivity contribution in [1.82, 2.24) is 4.90 Å². The summed E-state index contributed by atoms with van der Waals surface area (Å²) in [6.07, 6.45) is 0. The van der Waals surface area contributed by atoms with E-state index >= 15 is 0 Å². The molecule has 2 nitrogen and oxygen atoms in total. The van der Waals surface area contributed by atoms with Crippen LogP contribution in [0.5, 0.6) is 0 Å². The molecule has 0 aliphatic carbocycles. The monoisotopic (exact) mass is 228 g/mol. The highest BCUT2D eigenvalue weighted by molar-refractivity contribution is 6.34. The van der Waals surface area contributed by atoms with E-state index in [9.17, 15) is 0 Å². The Bertz CT molecular complexity index is 337. The number of hydrogen-bond acceptors (Lipinski definition) is 2. The van der Waals surface area contributed by atoms with Crippen molar-refractivity contribution in [3.63, 3.8) is 0 Å². The first-order chi connectivity index (χ1) is 6.61. The molecule has 0 amide bonds. The summed E-state index contributed by atoms with van der Waals surface area (Å²) in [5.74, 6) is 0. The molecule has 0 bridgehead atoms. The molecule has 14 heavy (non-hydrogen) atoms. The van der Waals surface area contributed by atoms with Crippen LogP contribution in [0, 0.1) is 11.3 Å². The summed E-state index contributed by atoms with van der Waals surface area (Å²) in [4.78, 5) is 1.89.